The van der Waals surface area contributed by atoms with E-state index < -0.39 is 0 Å². The van der Waals surface area contributed by atoms with Gasteiger partial charge in [-0.1, -0.05) is 11.3 Å². The Labute approximate surface area is 84.3 Å². The van der Waals surface area contributed by atoms with Crippen molar-refractivity contribution in [1.82, 2.24) is 10.2 Å². The normalized spacial score (nSPS) is 12.4. The molecular formula is C6H10N4OS2. The van der Waals surface area contributed by atoms with E-state index >= 15 is 0 Å². The van der Waals surface area contributed by atoms with E-state index in [0.717, 1.165) is 0 Å². The van der Waals surface area contributed by atoms with Gasteiger partial charge in [-0.05, 0) is 19.1 Å². The highest BCUT2D eigenvalue weighted by Gasteiger charge is 2.07. The highest BCUT2D eigenvalue weighted by Crippen LogP contribution is 2.12. The second-order valence-electron chi connectivity index (χ2n) is 2.63. The minimum absolute atomic E-state index is 0.0218. The largest absolute Gasteiger partial charge is 0.370 e. The summed E-state index contributed by atoms with van der Waals surface area (Å²) in [5, 5.41) is 10.2. The summed E-state index contributed by atoms with van der Waals surface area (Å²) in [4.78, 5) is 10.5. The van der Waals surface area contributed by atoms with E-state index in [9.17, 15) is 4.79 Å². The van der Waals surface area contributed by atoms with Gasteiger partial charge in [-0.25, -0.2) is 0 Å². The number of nitrogens with zero attached hydrogens (tertiary/aromatic N) is 1. The minimum atomic E-state index is -0.334. The molecule has 0 aromatic carbocycles. The number of carbonyl (C=O) groups is 1. The number of aromatic nitrogens is 2. The van der Waals surface area contributed by atoms with Gasteiger partial charge >= 0.3 is 0 Å². The second-order valence-corrected chi connectivity index (χ2v) is 4.30. The number of rotatable bonds is 4. The molecule has 0 spiro atoms. The van der Waals surface area contributed by atoms with Gasteiger partial charge in [-0.3, -0.25) is 9.89 Å². The molecule has 1 unspecified atom stereocenters. The molecule has 0 fully saturated rings. The molecule has 0 radical (unpaired) electrons. The van der Waals surface area contributed by atoms with Crippen LogP contribution in [0.3, 0.4) is 0 Å². The van der Waals surface area contributed by atoms with E-state index in [-0.39, 0.29) is 18.4 Å². The molecule has 0 saturated heterocycles. The molecule has 4 N–H and O–H groups in total. The van der Waals surface area contributed by atoms with Crippen LogP contribution in [0.5, 0.6) is 0 Å². The maximum Gasteiger partial charge on any atom is 0.219 e. The first-order valence-electron chi connectivity index (χ1n) is 3.68. The molecule has 1 aromatic rings. The van der Waals surface area contributed by atoms with E-state index in [2.05, 4.69) is 15.5 Å². The van der Waals surface area contributed by atoms with Crippen molar-refractivity contribution in [1.29, 1.82) is 0 Å². The molecule has 72 valence electrons. The van der Waals surface area contributed by atoms with Gasteiger partial charge in [0.15, 0.2) is 3.95 Å². The Morgan fingerprint density at radius 1 is 1.92 bits per heavy atom. The van der Waals surface area contributed by atoms with E-state index in [0.29, 0.717) is 9.09 Å². The summed E-state index contributed by atoms with van der Waals surface area (Å²) in [6.45, 7) is 1.86. The SMILES string of the molecule is CC(CC(N)=O)Nc1n[nH]c(=S)s1. The number of aromatic amines is 1. The number of carbonyl (C=O) groups excluding carboxylic acids is 1. The van der Waals surface area contributed by atoms with Crippen LogP contribution in [0.15, 0.2) is 0 Å². The Kier molecular flexibility index (Phi) is 3.38. The molecule has 13 heavy (non-hydrogen) atoms. The molecule has 1 atom stereocenters. The van der Waals surface area contributed by atoms with Gasteiger partial charge in [0.2, 0.25) is 11.0 Å². The lowest BCUT2D eigenvalue weighted by atomic mass is 10.2. The zero-order chi connectivity index (χ0) is 9.84. The van der Waals surface area contributed by atoms with Crippen LogP contribution in [0.25, 0.3) is 0 Å². The summed E-state index contributed by atoms with van der Waals surface area (Å²) < 4.78 is 0.605. The lowest BCUT2D eigenvalue weighted by Gasteiger charge is -2.08. The van der Waals surface area contributed by atoms with Gasteiger partial charge in [0.25, 0.3) is 0 Å². The Morgan fingerprint density at radius 3 is 3.08 bits per heavy atom. The average Bonchev–Trinajstić information content (AvgIpc) is 2.33. The molecule has 1 heterocycles. The Balaban J connectivity index is 2.49. The van der Waals surface area contributed by atoms with E-state index in [4.69, 9.17) is 18.0 Å². The van der Waals surface area contributed by atoms with Crippen LogP contribution in [-0.2, 0) is 4.79 Å². The standard InChI is InChI=1S/C6H10N4OS2/c1-3(2-4(7)11)8-5-9-10-6(12)13-5/h3H,2H2,1H3,(H2,7,11)(H,8,9)(H,10,12). The third-order valence-electron chi connectivity index (χ3n) is 1.32. The maximum absolute atomic E-state index is 10.5. The number of H-pyrrole nitrogens is 1. The smallest absolute Gasteiger partial charge is 0.219 e. The Morgan fingerprint density at radius 2 is 2.62 bits per heavy atom. The number of amides is 1. The number of hydrogen-bond acceptors (Lipinski definition) is 5. The monoisotopic (exact) mass is 218 g/mol. The first-order chi connectivity index (χ1) is 6.08. The summed E-state index contributed by atoms with van der Waals surface area (Å²) in [6.07, 6.45) is 0.284. The summed E-state index contributed by atoms with van der Waals surface area (Å²) in [5.74, 6) is -0.334. The van der Waals surface area contributed by atoms with Crippen LogP contribution in [0, 0.1) is 3.95 Å². The summed E-state index contributed by atoms with van der Waals surface area (Å²) in [6, 6.07) is -0.0218. The predicted octanol–water partition coefficient (Wildman–Crippen LogP) is 0.876. The van der Waals surface area contributed by atoms with E-state index in [1.165, 1.54) is 11.3 Å². The summed E-state index contributed by atoms with van der Waals surface area (Å²) >= 11 is 6.17. The van der Waals surface area contributed by atoms with Crippen molar-refractivity contribution in [3.8, 4) is 0 Å². The van der Waals surface area contributed by atoms with Crippen molar-refractivity contribution in [2.75, 3.05) is 5.32 Å². The van der Waals surface area contributed by atoms with Crippen molar-refractivity contribution in [2.24, 2.45) is 5.73 Å². The lowest BCUT2D eigenvalue weighted by molar-refractivity contribution is -0.118. The van der Waals surface area contributed by atoms with E-state index in [1.807, 2.05) is 6.92 Å². The number of nitrogens with one attached hydrogen (secondary N) is 2. The number of primary amides is 1. The Bertz CT molecular complexity index is 344. The van der Waals surface area contributed by atoms with E-state index in [1.54, 1.807) is 0 Å². The van der Waals surface area contributed by atoms with Crippen LogP contribution in [-0.4, -0.2) is 22.1 Å². The average molecular weight is 218 g/mol. The molecule has 0 aliphatic carbocycles. The van der Waals surface area contributed by atoms with Crippen molar-refractivity contribution >= 4 is 34.6 Å². The number of nitrogens with two attached hydrogens (primary N) is 1. The molecule has 0 saturated carbocycles. The fourth-order valence-corrected chi connectivity index (χ4v) is 1.76. The maximum atomic E-state index is 10.5. The lowest BCUT2D eigenvalue weighted by Crippen LogP contribution is -2.23. The Hall–Kier alpha value is -0.950. The van der Waals surface area contributed by atoms with Crippen molar-refractivity contribution < 1.29 is 4.79 Å². The molecule has 1 rings (SSSR count). The molecule has 1 amide bonds. The first-order valence-corrected chi connectivity index (χ1v) is 4.90. The second kappa shape index (κ2) is 4.33. The van der Waals surface area contributed by atoms with Crippen molar-refractivity contribution in [3.63, 3.8) is 0 Å². The fourth-order valence-electron chi connectivity index (χ4n) is 0.855. The number of hydrogen-bond donors (Lipinski definition) is 3. The van der Waals surface area contributed by atoms with Gasteiger partial charge in [-0.2, -0.15) is 0 Å². The van der Waals surface area contributed by atoms with Crippen LogP contribution < -0.4 is 11.1 Å². The molecule has 7 heteroatoms. The van der Waals surface area contributed by atoms with Gasteiger partial charge < -0.3 is 11.1 Å². The van der Waals surface area contributed by atoms with Gasteiger partial charge in [0, 0.05) is 12.5 Å². The van der Waals surface area contributed by atoms with Gasteiger partial charge in [-0.15, -0.1) is 5.10 Å². The minimum Gasteiger partial charge on any atom is -0.370 e. The zero-order valence-electron chi connectivity index (χ0n) is 7.03. The van der Waals surface area contributed by atoms with Crippen molar-refractivity contribution in [2.45, 2.75) is 19.4 Å². The molecule has 0 aliphatic rings. The topological polar surface area (TPSA) is 83.8 Å². The highest BCUT2D eigenvalue weighted by atomic mass is 32.1. The summed E-state index contributed by atoms with van der Waals surface area (Å²) in [5.41, 5.74) is 5.03. The van der Waals surface area contributed by atoms with Crippen LogP contribution in [0.4, 0.5) is 5.13 Å². The third-order valence-corrected chi connectivity index (χ3v) is 2.34. The fraction of sp³-hybridized carbons (Fsp3) is 0.500. The third kappa shape index (κ3) is 3.51. The quantitative estimate of drug-likeness (QED) is 0.655. The van der Waals surface area contributed by atoms with Crippen LogP contribution >= 0.6 is 23.6 Å². The molecule has 5 nitrogen and oxygen atoms in total. The molecule has 0 aliphatic heterocycles. The zero-order valence-corrected chi connectivity index (χ0v) is 8.67. The van der Waals surface area contributed by atoms with Gasteiger partial charge in [0.1, 0.15) is 0 Å². The predicted molar refractivity (Wildman–Crippen MR) is 54.2 cm³/mol. The molecule has 0 bridgehead atoms. The van der Waals surface area contributed by atoms with Crippen LogP contribution in [0.2, 0.25) is 0 Å². The molecule has 1 aromatic heterocycles. The molecular weight excluding hydrogens is 208 g/mol. The highest BCUT2D eigenvalue weighted by molar-refractivity contribution is 7.73. The van der Waals surface area contributed by atoms with Crippen molar-refractivity contribution in [3.05, 3.63) is 3.95 Å². The first kappa shape index (κ1) is 10.1. The summed E-state index contributed by atoms with van der Waals surface area (Å²) in [7, 11) is 0. The number of anilines is 1. The van der Waals surface area contributed by atoms with Gasteiger partial charge in [0.05, 0.1) is 0 Å². The van der Waals surface area contributed by atoms with Crippen LogP contribution in [0.1, 0.15) is 13.3 Å².